The van der Waals surface area contributed by atoms with Gasteiger partial charge in [0.2, 0.25) is 10.0 Å². The molecule has 0 amide bonds. The van der Waals surface area contributed by atoms with Crippen LogP contribution in [0.25, 0.3) is 0 Å². The number of rotatable bonds is 5. The predicted molar refractivity (Wildman–Crippen MR) is 57.5 cm³/mol. The minimum Gasteiger partial charge on any atom is -0.480 e. The SMILES string of the molecule is CN(CC1(O)CCCC1)S(=O)(=O)CC(=O)O. The van der Waals surface area contributed by atoms with E-state index in [1.54, 1.807) is 0 Å². The maximum absolute atomic E-state index is 11.5. The molecule has 1 fully saturated rings. The summed E-state index contributed by atoms with van der Waals surface area (Å²) in [6.45, 7) is -0.0252. The van der Waals surface area contributed by atoms with Crippen molar-refractivity contribution in [3.05, 3.63) is 0 Å². The van der Waals surface area contributed by atoms with Crippen LogP contribution in [-0.4, -0.2) is 53.9 Å². The number of carboxylic acids is 1. The molecule has 0 radical (unpaired) electrons. The van der Waals surface area contributed by atoms with Gasteiger partial charge in [0, 0.05) is 13.6 Å². The average molecular weight is 251 g/mol. The van der Waals surface area contributed by atoms with Crippen LogP contribution in [0.15, 0.2) is 0 Å². The monoisotopic (exact) mass is 251 g/mol. The molecule has 0 unspecified atom stereocenters. The molecule has 0 bridgehead atoms. The second-order valence-corrected chi connectivity index (χ2v) is 6.41. The van der Waals surface area contributed by atoms with Crippen molar-refractivity contribution in [2.24, 2.45) is 0 Å². The second kappa shape index (κ2) is 4.68. The standard InChI is InChI=1S/C9H17NO5S/c1-10(16(14,15)6-8(11)12)7-9(13)4-2-3-5-9/h13H,2-7H2,1H3,(H,11,12). The summed E-state index contributed by atoms with van der Waals surface area (Å²) in [6, 6.07) is 0. The van der Waals surface area contributed by atoms with E-state index in [2.05, 4.69) is 0 Å². The van der Waals surface area contributed by atoms with Crippen LogP contribution in [0.1, 0.15) is 25.7 Å². The molecule has 1 aliphatic rings. The lowest BCUT2D eigenvalue weighted by atomic mass is 10.0. The van der Waals surface area contributed by atoms with Gasteiger partial charge in [0.25, 0.3) is 0 Å². The van der Waals surface area contributed by atoms with Crippen molar-refractivity contribution >= 4 is 16.0 Å². The van der Waals surface area contributed by atoms with Crippen molar-refractivity contribution in [3.8, 4) is 0 Å². The maximum atomic E-state index is 11.5. The summed E-state index contributed by atoms with van der Waals surface area (Å²) in [5, 5.41) is 18.5. The zero-order valence-electron chi connectivity index (χ0n) is 9.22. The fourth-order valence-corrected chi connectivity index (χ4v) is 2.94. The third-order valence-corrected chi connectivity index (χ3v) is 4.52. The van der Waals surface area contributed by atoms with Gasteiger partial charge >= 0.3 is 5.97 Å². The van der Waals surface area contributed by atoms with Gasteiger partial charge in [0.1, 0.15) is 0 Å². The lowest BCUT2D eigenvalue weighted by Gasteiger charge is -2.27. The largest absolute Gasteiger partial charge is 0.480 e. The zero-order chi connectivity index (χ0) is 12.4. The Kier molecular flexibility index (Phi) is 3.92. The first kappa shape index (κ1) is 13.4. The molecular weight excluding hydrogens is 234 g/mol. The van der Waals surface area contributed by atoms with E-state index in [4.69, 9.17) is 5.11 Å². The van der Waals surface area contributed by atoms with Gasteiger partial charge in [-0.15, -0.1) is 0 Å². The van der Waals surface area contributed by atoms with E-state index >= 15 is 0 Å². The van der Waals surface area contributed by atoms with Crippen LogP contribution in [0.2, 0.25) is 0 Å². The minimum atomic E-state index is -3.81. The Bertz CT molecular complexity index is 358. The Hall–Kier alpha value is -0.660. The van der Waals surface area contributed by atoms with Crippen molar-refractivity contribution in [1.29, 1.82) is 0 Å². The van der Waals surface area contributed by atoms with Gasteiger partial charge in [0.05, 0.1) is 5.60 Å². The maximum Gasteiger partial charge on any atom is 0.320 e. The molecule has 0 aromatic carbocycles. The molecule has 6 nitrogen and oxygen atoms in total. The second-order valence-electron chi connectivity index (χ2n) is 4.34. The highest BCUT2D eigenvalue weighted by Crippen LogP contribution is 2.30. The number of aliphatic hydroxyl groups is 1. The summed E-state index contributed by atoms with van der Waals surface area (Å²) >= 11 is 0. The summed E-state index contributed by atoms with van der Waals surface area (Å²) in [4.78, 5) is 10.4. The van der Waals surface area contributed by atoms with Crippen LogP contribution in [0.5, 0.6) is 0 Å². The van der Waals surface area contributed by atoms with E-state index < -0.39 is 27.3 Å². The van der Waals surface area contributed by atoms with Crippen LogP contribution in [0.3, 0.4) is 0 Å². The van der Waals surface area contributed by atoms with E-state index in [1.807, 2.05) is 0 Å². The van der Waals surface area contributed by atoms with Crippen molar-refractivity contribution in [1.82, 2.24) is 4.31 Å². The summed E-state index contributed by atoms with van der Waals surface area (Å²) in [5.41, 5.74) is -0.986. The minimum absolute atomic E-state index is 0.0252. The smallest absolute Gasteiger partial charge is 0.320 e. The summed E-state index contributed by atoms with van der Waals surface area (Å²) in [5.74, 6) is -2.31. The first-order valence-corrected chi connectivity index (χ1v) is 6.74. The van der Waals surface area contributed by atoms with Crippen molar-refractivity contribution in [3.63, 3.8) is 0 Å². The van der Waals surface area contributed by atoms with Gasteiger partial charge in [-0.05, 0) is 12.8 Å². The highest BCUT2D eigenvalue weighted by atomic mass is 32.2. The molecule has 94 valence electrons. The van der Waals surface area contributed by atoms with Gasteiger partial charge in [0.15, 0.2) is 5.75 Å². The molecular formula is C9H17NO5S. The van der Waals surface area contributed by atoms with Gasteiger partial charge < -0.3 is 10.2 Å². The number of hydrogen-bond donors (Lipinski definition) is 2. The molecule has 1 rings (SSSR count). The summed E-state index contributed by atoms with van der Waals surface area (Å²) < 4.78 is 23.9. The van der Waals surface area contributed by atoms with Crippen LogP contribution in [0, 0.1) is 0 Å². The Labute approximate surface area is 94.9 Å². The van der Waals surface area contributed by atoms with Gasteiger partial charge in [-0.3, -0.25) is 4.79 Å². The highest BCUT2D eigenvalue weighted by Gasteiger charge is 2.35. The van der Waals surface area contributed by atoms with Crippen molar-refractivity contribution in [2.45, 2.75) is 31.3 Å². The third-order valence-electron chi connectivity index (χ3n) is 2.83. The van der Waals surface area contributed by atoms with Crippen molar-refractivity contribution in [2.75, 3.05) is 19.3 Å². The molecule has 0 heterocycles. The molecule has 0 saturated heterocycles. The van der Waals surface area contributed by atoms with E-state index in [0.29, 0.717) is 12.8 Å². The normalized spacial score (nSPS) is 20.2. The number of hydrogen-bond acceptors (Lipinski definition) is 4. The quantitative estimate of drug-likeness (QED) is 0.695. The fraction of sp³-hybridized carbons (Fsp3) is 0.889. The van der Waals surface area contributed by atoms with Crippen molar-refractivity contribution < 1.29 is 23.4 Å². The number of carbonyl (C=O) groups is 1. The Balaban J connectivity index is 2.64. The number of likely N-dealkylation sites (N-methyl/N-ethyl adjacent to an activating group) is 1. The number of nitrogens with zero attached hydrogens (tertiary/aromatic N) is 1. The summed E-state index contributed by atoms with van der Waals surface area (Å²) in [7, 11) is -2.51. The predicted octanol–water partition coefficient (Wildman–Crippen LogP) is -0.362. The molecule has 1 saturated carbocycles. The zero-order valence-corrected chi connectivity index (χ0v) is 10.0. The van der Waals surface area contributed by atoms with E-state index in [1.165, 1.54) is 7.05 Å². The van der Waals surface area contributed by atoms with Crippen LogP contribution >= 0.6 is 0 Å². The Morgan fingerprint density at radius 2 is 1.88 bits per heavy atom. The number of aliphatic carboxylic acids is 1. The van der Waals surface area contributed by atoms with Gasteiger partial charge in [-0.2, -0.15) is 0 Å². The van der Waals surface area contributed by atoms with E-state index in [0.717, 1.165) is 17.1 Å². The van der Waals surface area contributed by atoms with Gasteiger partial charge in [-0.25, -0.2) is 12.7 Å². The van der Waals surface area contributed by atoms with E-state index in [-0.39, 0.29) is 6.54 Å². The molecule has 0 spiro atoms. The summed E-state index contributed by atoms with van der Waals surface area (Å²) in [6.07, 6.45) is 2.90. The third kappa shape index (κ3) is 3.43. The molecule has 0 aromatic heterocycles. The van der Waals surface area contributed by atoms with Crippen LogP contribution in [-0.2, 0) is 14.8 Å². The molecule has 0 atom stereocenters. The molecule has 0 aromatic rings. The lowest BCUT2D eigenvalue weighted by molar-refractivity contribution is -0.134. The molecule has 0 aliphatic heterocycles. The van der Waals surface area contributed by atoms with Crippen LogP contribution < -0.4 is 0 Å². The van der Waals surface area contributed by atoms with E-state index in [9.17, 15) is 18.3 Å². The first-order chi connectivity index (χ1) is 7.25. The van der Waals surface area contributed by atoms with Crippen LogP contribution in [0.4, 0.5) is 0 Å². The molecule has 7 heteroatoms. The Morgan fingerprint density at radius 1 is 1.38 bits per heavy atom. The highest BCUT2D eigenvalue weighted by molar-refractivity contribution is 7.89. The topological polar surface area (TPSA) is 94.9 Å². The molecule has 2 N–H and O–H groups in total. The molecule has 1 aliphatic carbocycles. The fourth-order valence-electron chi connectivity index (χ4n) is 1.97. The van der Waals surface area contributed by atoms with Gasteiger partial charge in [-0.1, -0.05) is 12.8 Å². The number of carboxylic acid groups (broad SMARTS) is 1. The first-order valence-electron chi connectivity index (χ1n) is 5.13. The average Bonchev–Trinajstić information content (AvgIpc) is 2.49. The molecule has 16 heavy (non-hydrogen) atoms. The lowest BCUT2D eigenvalue weighted by Crippen LogP contribution is -2.43. The number of sulfonamides is 1. The Morgan fingerprint density at radius 3 is 2.31 bits per heavy atom.